The average molecular weight is 207 g/mol. The Balaban J connectivity index is 2.13. The van der Waals surface area contributed by atoms with E-state index in [1.807, 2.05) is 0 Å². The Labute approximate surface area is 84.5 Å². The molecule has 2 aromatic heterocycles. The van der Waals surface area contributed by atoms with Crippen molar-refractivity contribution < 1.29 is 4.79 Å². The molecule has 2 heterocycles. The van der Waals surface area contributed by atoms with Crippen LogP contribution in [0.15, 0.2) is 12.4 Å². The normalized spacial score (nSPS) is 10.4. The Morgan fingerprint density at radius 2 is 2.40 bits per heavy atom. The molecule has 0 spiro atoms. The fourth-order valence-corrected chi connectivity index (χ4v) is 1.11. The lowest BCUT2D eigenvalue weighted by Gasteiger charge is -2.04. The zero-order valence-electron chi connectivity index (χ0n) is 7.79. The molecule has 78 valence electrons. The van der Waals surface area contributed by atoms with E-state index < -0.39 is 0 Å². The van der Waals surface area contributed by atoms with Crippen LogP contribution in [0.5, 0.6) is 0 Å². The van der Waals surface area contributed by atoms with Crippen LogP contribution in [-0.4, -0.2) is 37.5 Å². The van der Waals surface area contributed by atoms with E-state index in [0.29, 0.717) is 18.0 Å². The molecule has 2 rings (SSSR count). The summed E-state index contributed by atoms with van der Waals surface area (Å²) in [6.45, 7) is 0.427. The topological polar surface area (TPSA) is 111 Å². The number of aromatic nitrogens is 5. The van der Waals surface area contributed by atoms with E-state index in [1.54, 1.807) is 12.4 Å². The van der Waals surface area contributed by atoms with Crippen LogP contribution in [0.3, 0.4) is 0 Å². The van der Waals surface area contributed by atoms with Crippen molar-refractivity contribution >= 4 is 17.4 Å². The summed E-state index contributed by atoms with van der Waals surface area (Å²) in [5.74, 6) is 0.262. The van der Waals surface area contributed by atoms with E-state index in [0.717, 1.165) is 0 Å². The molecule has 0 unspecified atom stereocenters. The molecule has 8 nitrogen and oxygen atoms in total. The number of hydrogen-bond donors (Lipinski definition) is 2. The van der Waals surface area contributed by atoms with Crippen LogP contribution in [-0.2, 0) is 4.79 Å². The molecule has 0 radical (unpaired) electrons. The largest absolute Gasteiger partial charge is 0.370 e. The number of carbonyl (C=O) groups excluding carboxylic acids is 1. The molecular weight excluding hydrogens is 198 g/mol. The number of anilines is 1. The van der Waals surface area contributed by atoms with Gasteiger partial charge in [0.15, 0.2) is 5.65 Å². The third-order valence-electron chi connectivity index (χ3n) is 1.79. The van der Waals surface area contributed by atoms with E-state index in [-0.39, 0.29) is 12.3 Å². The lowest BCUT2D eigenvalue weighted by atomic mass is 10.4. The van der Waals surface area contributed by atoms with Gasteiger partial charge in [-0.2, -0.15) is 4.52 Å². The van der Waals surface area contributed by atoms with E-state index in [1.165, 1.54) is 4.52 Å². The molecule has 0 saturated heterocycles. The Hall–Kier alpha value is -2.25. The molecule has 0 saturated carbocycles. The maximum absolute atomic E-state index is 10.5. The van der Waals surface area contributed by atoms with Gasteiger partial charge in [-0.05, 0) is 10.4 Å². The van der Waals surface area contributed by atoms with E-state index in [9.17, 15) is 4.79 Å². The lowest BCUT2D eigenvalue weighted by molar-refractivity contribution is -0.117. The highest BCUT2D eigenvalue weighted by Gasteiger charge is 2.03. The molecule has 0 aliphatic heterocycles. The molecular formula is C7H9N7O. The van der Waals surface area contributed by atoms with Crippen LogP contribution in [0.2, 0.25) is 0 Å². The fourth-order valence-electron chi connectivity index (χ4n) is 1.11. The van der Waals surface area contributed by atoms with Gasteiger partial charge >= 0.3 is 0 Å². The van der Waals surface area contributed by atoms with Crippen molar-refractivity contribution in [2.75, 3.05) is 11.9 Å². The van der Waals surface area contributed by atoms with Gasteiger partial charge in [0, 0.05) is 13.0 Å². The van der Waals surface area contributed by atoms with Gasteiger partial charge in [0.05, 0.1) is 12.4 Å². The molecule has 0 fully saturated rings. The monoisotopic (exact) mass is 207 g/mol. The number of nitrogens with one attached hydrogen (secondary N) is 1. The van der Waals surface area contributed by atoms with Crippen LogP contribution in [0.1, 0.15) is 6.42 Å². The van der Waals surface area contributed by atoms with Crippen molar-refractivity contribution in [1.82, 2.24) is 25.0 Å². The molecule has 2 aromatic rings. The number of rotatable bonds is 4. The first kappa shape index (κ1) is 9.31. The van der Waals surface area contributed by atoms with Gasteiger partial charge in [0.1, 0.15) is 5.82 Å². The van der Waals surface area contributed by atoms with E-state index >= 15 is 0 Å². The number of hydrogen-bond acceptors (Lipinski definition) is 6. The minimum atomic E-state index is -0.362. The van der Waals surface area contributed by atoms with Crippen LogP contribution >= 0.6 is 0 Å². The second-order valence-electron chi connectivity index (χ2n) is 2.88. The lowest BCUT2D eigenvalue weighted by Crippen LogP contribution is -2.17. The van der Waals surface area contributed by atoms with Gasteiger partial charge in [-0.1, -0.05) is 0 Å². The van der Waals surface area contributed by atoms with Crippen molar-refractivity contribution in [3.05, 3.63) is 12.4 Å². The molecule has 15 heavy (non-hydrogen) atoms. The highest BCUT2D eigenvalue weighted by molar-refractivity contribution is 5.74. The number of fused-ring (bicyclic) bond motifs is 1. The maximum Gasteiger partial charge on any atom is 0.219 e. The van der Waals surface area contributed by atoms with Crippen LogP contribution in [0.4, 0.5) is 5.82 Å². The van der Waals surface area contributed by atoms with Crippen molar-refractivity contribution in [2.45, 2.75) is 6.42 Å². The van der Waals surface area contributed by atoms with Gasteiger partial charge in [-0.15, -0.1) is 5.10 Å². The third-order valence-corrected chi connectivity index (χ3v) is 1.79. The third kappa shape index (κ3) is 1.98. The first-order valence-corrected chi connectivity index (χ1v) is 4.31. The Morgan fingerprint density at radius 3 is 3.20 bits per heavy atom. The van der Waals surface area contributed by atoms with Crippen molar-refractivity contribution in [1.29, 1.82) is 0 Å². The standard InChI is InChI=1S/C7H9N7O/c8-5(15)1-2-10-6-3-9-4-7-11-12-13-14(6)7/h3-4,10H,1-2H2,(H2,8,15). The van der Waals surface area contributed by atoms with E-state index in [4.69, 9.17) is 5.73 Å². The van der Waals surface area contributed by atoms with Gasteiger partial charge < -0.3 is 11.1 Å². The molecule has 8 heteroatoms. The second-order valence-corrected chi connectivity index (χ2v) is 2.88. The Morgan fingerprint density at radius 1 is 1.53 bits per heavy atom. The second kappa shape index (κ2) is 3.86. The molecule has 0 bridgehead atoms. The summed E-state index contributed by atoms with van der Waals surface area (Å²) in [4.78, 5) is 14.5. The van der Waals surface area contributed by atoms with Crippen LogP contribution in [0, 0.1) is 0 Å². The van der Waals surface area contributed by atoms with Crippen LogP contribution in [0.25, 0.3) is 5.65 Å². The van der Waals surface area contributed by atoms with E-state index in [2.05, 4.69) is 25.8 Å². The van der Waals surface area contributed by atoms with Gasteiger partial charge in [-0.3, -0.25) is 9.78 Å². The minimum Gasteiger partial charge on any atom is -0.370 e. The van der Waals surface area contributed by atoms with Crippen LogP contribution < -0.4 is 11.1 Å². The number of tetrazole rings is 1. The minimum absolute atomic E-state index is 0.249. The number of carbonyl (C=O) groups is 1. The highest BCUT2D eigenvalue weighted by atomic mass is 16.1. The molecule has 0 atom stereocenters. The molecule has 3 N–H and O–H groups in total. The summed E-state index contributed by atoms with van der Waals surface area (Å²) in [7, 11) is 0. The number of amides is 1. The Kier molecular flexibility index (Phi) is 2.40. The van der Waals surface area contributed by atoms with Crippen molar-refractivity contribution in [3.8, 4) is 0 Å². The number of primary amides is 1. The zero-order chi connectivity index (χ0) is 10.7. The summed E-state index contributed by atoms with van der Waals surface area (Å²) in [5, 5.41) is 13.9. The summed E-state index contributed by atoms with van der Waals surface area (Å²) in [6, 6.07) is 0. The predicted molar refractivity (Wildman–Crippen MR) is 50.9 cm³/mol. The summed E-state index contributed by atoms with van der Waals surface area (Å²) < 4.78 is 1.49. The zero-order valence-corrected chi connectivity index (χ0v) is 7.79. The molecule has 1 amide bonds. The average Bonchev–Trinajstić information content (AvgIpc) is 2.65. The smallest absolute Gasteiger partial charge is 0.219 e. The van der Waals surface area contributed by atoms with Gasteiger partial charge in [-0.25, -0.2) is 0 Å². The molecule has 0 aliphatic carbocycles. The summed E-state index contributed by atoms with van der Waals surface area (Å²) in [5.41, 5.74) is 5.55. The Bertz CT molecular complexity index is 479. The number of nitrogens with zero attached hydrogens (tertiary/aromatic N) is 5. The predicted octanol–water partition coefficient (Wildman–Crippen LogP) is -1.19. The quantitative estimate of drug-likeness (QED) is 0.651. The maximum atomic E-state index is 10.5. The summed E-state index contributed by atoms with van der Waals surface area (Å²) >= 11 is 0. The number of nitrogens with two attached hydrogens (primary N) is 1. The molecule has 0 aromatic carbocycles. The summed E-state index contributed by atoms with van der Waals surface area (Å²) in [6.07, 6.45) is 3.36. The first-order valence-electron chi connectivity index (χ1n) is 4.31. The van der Waals surface area contributed by atoms with Crippen molar-refractivity contribution in [3.63, 3.8) is 0 Å². The van der Waals surface area contributed by atoms with Gasteiger partial charge in [0.2, 0.25) is 5.91 Å². The highest BCUT2D eigenvalue weighted by Crippen LogP contribution is 2.05. The fraction of sp³-hybridized carbons (Fsp3) is 0.286. The molecule has 0 aliphatic rings. The van der Waals surface area contributed by atoms with Gasteiger partial charge in [0.25, 0.3) is 0 Å². The van der Waals surface area contributed by atoms with Crippen molar-refractivity contribution in [2.24, 2.45) is 5.73 Å². The first-order chi connectivity index (χ1) is 7.27. The SMILES string of the molecule is NC(=O)CCNc1cncc2nnnn12.